The van der Waals surface area contributed by atoms with Crippen LogP contribution >= 0.6 is 15.9 Å². The van der Waals surface area contributed by atoms with Crippen molar-refractivity contribution in [3.05, 3.63) is 52.5 Å². The van der Waals surface area contributed by atoms with Gasteiger partial charge in [0.2, 0.25) is 0 Å². The van der Waals surface area contributed by atoms with E-state index < -0.39 is 18.0 Å². The first kappa shape index (κ1) is 18.8. The number of amides is 1. The molecular weight excluding hydrogens is 388 g/mol. The molecule has 0 heterocycles. The van der Waals surface area contributed by atoms with Crippen molar-refractivity contribution in [3.8, 4) is 5.75 Å². The lowest BCUT2D eigenvalue weighted by molar-refractivity contribution is -0.123. The summed E-state index contributed by atoms with van der Waals surface area (Å²) in [4.78, 5) is 24.4. The highest BCUT2D eigenvalue weighted by Gasteiger charge is 2.20. The van der Waals surface area contributed by atoms with Crippen molar-refractivity contribution < 1.29 is 19.1 Å². The Morgan fingerprint density at radius 3 is 2.52 bits per heavy atom. The average molecular weight is 407 g/mol. The minimum absolute atomic E-state index is 0.204. The normalized spacial score (nSPS) is 11.5. The van der Waals surface area contributed by atoms with Gasteiger partial charge >= 0.3 is 5.97 Å². The van der Waals surface area contributed by atoms with Gasteiger partial charge in [-0.05, 0) is 56.3 Å². The zero-order chi connectivity index (χ0) is 18.4. The van der Waals surface area contributed by atoms with E-state index in [1.54, 1.807) is 42.5 Å². The summed E-state index contributed by atoms with van der Waals surface area (Å²) in [5, 5.41) is 2.68. The molecule has 7 heteroatoms. The van der Waals surface area contributed by atoms with Crippen molar-refractivity contribution in [2.24, 2.45) is 0 Å². The Morgan fingerprint density at radius 2 is 1.88 bits per heavy atom. The number of anilines is 2. The Kier molecular flexibility index (Phi) is 6.41. The van der Waals surface area contributed by atoms with Gasteiger partial charge in [-0.15, -0.1) is 0 Å². The van der Waals surface area contributed by atoms with Gasteiger partial charge in [0.25, 0.3) is 5.91 Å². The van der Waals surface area contributed by atoms with E-state index in [1.165, 1.54) is 6.92 Å². The molecule has 0 aromatic heterocycles. The van der Waals surface area contributed by atoms with E-state index in [2.05, 4.69) is 21.2 Å². The van der Waals surface area contributed by atoms with Gasteiger partial charge in [-0.25, -0.2) is 4.79 Å². The Balaban J connectivity index is 1.97. The third kappa shape index (κ3) is 5.22. The third-order valence-corrected chi connectivity index (χ3v) is 3.81. The topological polar surface area (TPSA) is 90.6 Å². The Morgan fingerprint density at radius 1 is 1.20 bits per heavy atom. The number of hydrogen-bond acceptors (Lipinski definition) is 5. The molecule has 2 aromatic carbocycles. The van der Waals surface area contributed by atoms with Crippen LogP contribution < -0.4 is 15.8 Å². The van der Waals surface area contributed by atoms with Crippen LogP contribution in [0.15, 0.2) is 46.9 Å². The predicted molar refractivity (Wildman–Crippen MR) is 99.7 cm³/mol. The third-order valence-electron chi connectivity index (χ3n) is 3.32. The van der Waals surface area contributed by atoms with Crippen LogP contribution in [0.3, 0.4) is 0 Å². The molecular formula is C18H19BrN2O4. The number of hydrogen-bond donors (Lipinski definition) is 2. The lowest BCUT2D eigenvalue weighted by Gasteiger charge is -2.14. The summed E-state index contributed by atoms with van der Waals surface area (Å²) >= 11 is 3.27. The molecule has 0 aliphatic heterocycles. The Hall–Kier alpha value is -2.54. The Bertz CT molecular complexity index is 762. The van der Waals surface area contributed by atoms with E-state index in [-0.39, 0.29) is 11.3 Å². The molecule has 0 radical (unpaired) electrons. The van der Waals surface area contributed by atoms with Crippen molar-refractivity contribution >= 4 is 39.2 Å². The molecule has 6 nitrogen and oxygen atoms in total. The number of carbonyl (C=O) groups is 2. The maximum atomic E-state index is 12.2. The summed E-state index contributed by atoms with van der Waals surface area (Å²) in [6, 6.07) is 11.8. The van der Waals surface area contributed by atoms with Gasteiger partial charge < -0.3 is 20.5 Å². The molecule has 25 heavy (non-hydrogen) atoms. The monoisotopic (exact) mass is 406 g/mol. The van der Waals surface area contributed by atoms with E-state index in [0.29, 0.717) is 22.5 Å². The second-order valence-electron chi connectivity index (χ2n) is 5.23. The minimum atomic E-state index is -0.975. The van der Waals surface area contributed by atoms with Gasteiger partial charge in [0.15, 0.2) is 6.10 Å². The number of nitrogen functional groups attached to an aromatic ring is 1. The second-order valence-corrected chi connectivity index (χ2v) is 6.14. The van der Waals surface area contributed by atoms with E-state index in [0.717, 1.165) is 0 Å². The van der Waals surface area contributed by atoms with Crippen LogP contribution in [0.4, 0.5) is 11.4 Å². The first-order valence-corrected chi connectivity index (χ1v) is 8.49. The molecule has 0 saturated heterocycles. The quantitative estimate of drug-likeness (QED) is 0.564. The zero-order valence-corrected chi connectivity index (χ0v) is 15.5. The fraction of sp³-hybridized carbons (Fsp3) is 0.222. The van der Waals surface area contributed by atoms with Crippen LogP contribution in [0.2, 0.25) is 0 Å². The van der Waals surface area contributed by atoms with Crippen LogP contribution in [0.25, 0.3) is 0 Å². The average Bonchev–Trinajstić information content (AvgIpc) is 2.58. The number of nitrogens with two attached hydrogens (primary N) is 1. The molecule has 0 aliphatic rings. The van der Waals surface area contributed by atoms with Gasteiger partial charge in [-0.2, -0.15) is 0 Å². The largest absolute Gasteiger partial charge is 0.494 e. The summed E-state index contributed by atoms with van der Waals surface area (Å²) in [5.41, 5.74) is 6.84. The fourth-order valence-corrected chi connectivity index (χ4v) is 2.39. The molecule has 132 valence electrons. The Labute approximate surface area is 154 Å². The van der Waals surface area contributed by atoms with Crippen LogP contribution in [-0.2, 0) is 9.53 Å². The number of halogens is 1. The molecule has 0 unspecified atom stereocenters. The second kappa shape index (κ2) is 8.53. The number of rotatable bonds is 6. The van der Waals surface area contributed by atoms with Crippen LogP contribution in [0.1, 0.15) is 24.2 Å². The number of nitrogens with one attached hydrogen (secondary N) is 1. The maximum absolute atomic E-state index is 12.2. The molecule has 2 rings (SSSR count). The van der Waals surface area contributed by atoms with Gasteiger partial charge in [-0.1, -0.05) is 15.9 Å². The molecule has 0 bridgehead atoms. The molecule has 1 amide bonds. The summed E-state index contributed by atoms with van der Waals surface area (Å²) in [6.07, 6.45) is -0.975. The number of ether oxygens (including phenoxy) is 2. The molecule has 0 aliphatic carbocycles. The first-order valence-electron chi connectivity index (χ1n) is 7.70. The predicted octanol–water partition coefficient (Wildman–Crippen LogP) is 3.61. The molecule has 2 aromatic rings. The van der Waals surface area contributed by atoms with E-state index in [4.69, 9.17) is 15.2 Å². The van der Waals surface area contributed by atoms with Crippen molar-refractivity contribution in [1.29, 1.82) is 0 Å². The number of benzene rings is 2. The number of esters is 1. The standard InChI is InChI=1S/C18H19BrN2O4/c1-3-24-14-7-5-13(6-8-14)21-17(22)11(2)25-18(23)15-10-12(19)4-9-16(15)20/h4-11H,3,20H2,1-2H3,(H,21,22)/t11-/m0/s1. The van der Waals surface area contributed by atoms with Gasteiger partial charge in [0, 0.05) is 15.8 Å². The van der Waals surface area contributed by atoms with Crippen molar-refractivity contribution in [2.75, 3.05) is 17.7 Å². The SMILES string of the molecule is CCOc1ccc(NC(=O)[C@H](C)OC(=O)c2cc(Br)ccc2N)cc1. The molecule has 3 N–H and O–H groups in total. The highest BCUT2D eigenvalue weighted by atomic mass is 79.9. The van der Waals surface area contributed by atoms with E-state index in [1.807, 2.05) is 6.92 Å². The molecule has 0 fully saturated rings. The summed E-state index contributed by atoms with van der Waals surface area (Å²) < 4.78 is 11.2. The lowest BCUT2D eigenvalue weighted by atomic mass is 10.2. The molecule has 0 saturated carbocycles. The van der Waals surface area contributed by atoms with Gasteiger partial charge in [-0.3, -0.25) is 4.79 Å². The minimum Gasteiger partial charge on any atom is -0.494 e. The molecule has 0 spiro atoms. The fourth-order valence-electron chi connectivity index (χ4n) is 2.03. The number of carbonyl (C=O) groups excluding carboxylic acids is 2. The van der Waals surface area contributed by atoms with E-state index in [9.17, 15) is 9.59 Å². The van der Waals surface area contributed by atoms with Crippen LogP contribution in [-0.4, -0.2) is 24.6 Å². The van der Waals surface area contributed by atoms with Crippen LogP contribution in [0.5, 0.6) is 5.75 Å². The van der Waals surface area contributed by atoms with Crippen molar-refractivity contribution in [2.45, 2.75) is 20.0 Å². The zero-order valence-electron chi connectivity index (χ0n) is 13.9. The highest BCUT2D eigenvalue weighted by Crippen LogP contribution is 2.20. The summed E-state index contributed by atoms with van der Waals surface area (Å²) in [7, 11) is 0. The summed E-state index contributed by atoms with van der Waals surface area (Å²) in [6.45, 7) is 3.96. The van der Waals surface area contributed by atoms with E-state index >= 15 is 0 Å². The molecule has 1 atom stereocenters. The van der Waals surface area contributed by atoms with Crippen molar-refractivity contribution in [3.63, 3.8) is 0 Å². The smallest absolute Gasteiger partial charge is 0.341 e. The summed E-state index contributed by atoms with van der Waals surface area (Å²) in [5.74, 6) is -0.385. The maximum Gasteiger partial charge on any atom is 0.341 e. The lowest BCUT2D eigenvalue weighted by Crippen LogP contribution is -2.30. The highest BCUT2D eigenvalue weighted by molar-refractivity contribution is 9.10. The first-order chi connectivity index (χ1) is 11.9. The van der Waals surface area contributed by atoms with Crippen LogP contribution in [0, 0.1) is 0 Å². The van der Waals surface area contributed by atoms with Gasteiger partial charge in [0.1, 0.15) is 5.75 Å². The van der Waals surface area contributed by atoms with Crippen molar-refractivity contribution in [1.82, 2.24) is 0 Å². The van der Waals surface area contributed by atoms with Gasteiger partial charge in [0.05, 0.1) is 12.2 Å².